The Kier molecular flexibility index (Phi) is 2.67. The van der Waals surface area contributed by atoms with E-state index in [1.165, 1.54) is 0 Å². The number of aromatic nitrogens is 7. The lowest BCUT2D eigenvalue weighted by atomic mass is 10.5. The van der Waals surface area contributed by atoms with Crippen LogP contribution in [0.1, 0.15) is 0 Å². The zero-order chi connectivity index (χ0) is 13.2. The molecular weight excluding hydrogens is 244 g/mol. The molecule has 3 heterocycles. The Bertz CT molecular complexity index is 604. The Balaban J connectivity index is 2.15. The van der Waals surface area contributed by atoms with Crippen molar-refractivity contribution in [2.45, 2.75) is 0 Å². The van der Waals surface area contributed by atoms with Gasteiger partial charge in [0.25, 0.3) is 0 Å². The molecule has 0 spiro atoms. The summed E-state index contributed by atoms with van der Waals surface area (Å²) in [4.78, 5) is 29.1. The third-order valence-corrected chi connectivity index (χ3v) is 2.44. The molecule has 8 nitrogen and oxygen atoms in total. The summed E-state index contributed by atoms with van der Waals surface area (Å²) in [6.07, 6.45) is 6.75. The van der Waals surface area contributed by atoms with Crippen molar-refractivity contribution in [3.63, 3.8) is 0 Å². The summed E-state index contributed by atoms with van der Waals surface area (Å²) in [5, 5.41) is 0. The monoisotopic (exact) mass is 256 g/mol. The van der Waals surface area contributed by atoms with Crippen LogP contribution in [-0.2, 0) is 0 Å². The van der Waals surface area contributed by atoms with Gasteiger partial charge in [0.2, 0.25) is 17.6 Å². The van der Waals surface area contributed by atoms with Gasteiger partial charge in [-0.25, -0.2) is 15.0 Å². The van der Waals surface area contributed by atoms with Crippen LogP contribution >= 0.6 is 0 Å². The average molecular weight is 256 g/mol. The first-order valence-electron chi connectivity index (χ1n) is 5.67. The molecule has 2 N–H and O–H groups in total. The largest absolute Gasteiger partial charge is 0.347 e. The van der Waals surface area contributed by atoms with Crippen LogP contribution in [0.4, 0.5) is 5.95 Å². The maximum Gasteiger partial charge on any atom is 0.229 e. The van der Waals surface area contributed by atoms with E-state index in [1.54, 1.807) is 29.7 Å². The van der Waals surface area contributed by atoms with Gasteiger partial charge < -0.3 is 14.9 Å². The zero-order valence-electron chi connectivity index (χ0n) is 10.5. The lowest BCUT2D eigenvalue weighted by molar-refractivity contribution is 0.950. The van der Waals surface area contributed by atoms with Crippen LogP contribution in [0.3, 0.4) is 0 Å². The van der Waals surface area contributed by atoms with E-state index < -0.39 is 0 Å². The third-order valence-electron chi connectivity index (χ3n) is 2.44. The number of hydrogen-bond donors (Lipinski definition) is 2. The number of nitrogens with one attached hydrogen (secondary N) is 2. The summed E-state index contributed by atoms with van der Waals surface area (Å²) >= 11 is 0. The first-order valence-corrected chi connectivity index (χ1v) is 5.67. The Labute approximate surface area is 109 Å². The number of H-pyrrole nitrogens is 2. The molecule has 0 aliphatic rings. The third kappa shape index (κ3) is 2.15. The summed E-state index contributed by atoms with van der Waals surface area (Å²) in [6.45, 7) is 0. The molecule has 0 aliphatic heterocycles. The first kappa shape index (κ1) is 11.3. The maximum absolute atomic E-state index is 4.36. The second-order valence-corrected chi connectivity index (χ2v) is 4.05. The number of rotatable bonds is 3. The van der Waals surface area contributed by atoms with Crippen LogP contribution in [0.15, 0.2) is 24.8 Å². The minimum atomic E-state index is 0.482. The summed E-state index contributed by atoms with van der Waals surface area (Å²) in [5.41, 5.74) is 0. The van der Waals surface area contributed by atoms with E-state index >= 15 is 0 Å². The Morgan fingerprint density at radius 2 is 1.37 bits per heavy atom. The van der Waals surface area contributed by atoms with Crippen LogP contribution in [0.25, 0.3) is 23.3 Å². The molecule has 0 amide bonds. The van der Waals surface area contributed by atoms with Crippen molar-refractivity contribution in [2.75, 3.05) is 19.0 Å². The summed E-state index contributed by atoms with van der Waals surface area (Å²) < 4.78 is 0. The van der Waals surface area contributed by atoms with Crippen molar-refractivity contribution in [2.24, 2.45) is 0 Å². The van der Waals surface area contributed by atoms with Gasteiger partial charge in [-0.15, -0.1) is 0 Å². The minimum absolute atomic E-state index is 0.482. The van der Waals surface area contributed by atoms with Crippen molar-refractivity contribution >= 4 is 5.95 Å². The summed E-state index contributed by atoms with van der Waals surface area (Å²) in [7, 11) is 3.74. The van der Waals surface area contributed by atoms with Gasteiger partial charge in [0, 0.05) is 38.9 Å². The number of aromatic amines is 2. The Morgan fingerprint density at radius 1 is 0.842 bits per heavy atom. The molecule has 19 heavy (non-hydrogen) atoms. The SMILES string of the molecule is CN(C)c1nc(-c2ncc[nH]2)nc(-c2ncc[nH]2)n1. The molecule has 0 aliphatic carbocycles. The van der Waals surface area contributed by atoms with Gasteiger partial charge >= 0.3 is 0 Å². The van der Waals surface area contributed by atoms with Crippen LogP contribution in [0.2, 0.25) is 0 Å². The molecule has 3 aromatic rings. The predicted molar refractivity (Wildman–Crippen MR) is 69.3 cm³/mol. The molecule has 3 aromatic heterocycles. The van der Waals surface area contributed by atoms with Crippen molar-refractivity contribution in [1.29, 1.82) is 0 Å². The molecular formula is C11H12N8. The molecule has 0 saturated carbocycles. The van der Waals surface area contributed by atoms with Crippen molar-refractivity contribution in [3.8, 4) is 23.3 Å². The number of imidazole rings is 2. The van der Waals surface area contributed by atoms with E-state index in [9.17, 15) is 0 Å². The van der Waals surface area contributed by atoms with E-state index in [0.29, 0.717) is 29.2 Å². The Hall–Kier alpha value is -2.77. The fourth-order valence-corrected chi connectivity index (χ4v) is 1.55. The standard InChI is InChI=1S/C11H12N8/c1-19(2)11-17-9(7-12-3-4-13-7)16-10(18-11)8-14-5-6-15-8/h3-6H,1-2H3,(H,12,13)(H,14,15). The van der Waals surface area contributed by atoms with Gasteiger partial charge in [-0.2, -0.15) is 9.97 Å². The fraction of sp³-hybridized carbons (Fsp3) is 0.182. The van der Waals surface area contributed by atoms with Gasteiger partial charge in [-0.3, -0.25) is 0 Å². The van der Waals surface area contributed by atoms with E-state index in [-0.39, 0.29) is 0 Å². The van der Waals surface area contributed by atoms with Gasteiger partial charge in [0.05, 0.1) is 0 Å². The molecule has 3 rings (SSSR count). The van der Waals surface area contributed by atoms with E-state index in [4.69, 9.17) is 0 Å². The van der Waals surface area contributed by atoms with Gasteiger partial charge in [-0.05, 0) is 0 Å². The molecule has 0 bridgehead atoms. The minimum Gasteiger partial charge on any atom is -0.347 e. The molecule has 0 saturated heterocycles. The highest BCUT2D eigenvalue weighted by molar-refractivity contribution is 5.53. The molecule has 0 radical (unpaired) electrons. The topological polar surface area (TPSA) is 99.3 Å². The van der Waals surface area contributed by atoms with Crippen molar-refractivity contribution < 1.29 is 0 Å². The average Bonchev–Trinajstić information content (AvgIpc) is 3.11. The highest BCUT2D eigenvalue weighted by Gasteiger charge is 2.13. The fourth-order valence-electron chi connectivity index (χ4n) is 1.55. The highest BCUT2D eigenvalue weighted by Crippen LogP contribution is 2.17. The van der Waals surface area contributed by atoms with Gasteiger partial charge in [0.15, 0.2) is 11.6 Å². The second-order valence-electron chi connectivity index (χ2n) is 4.05. The molecule has 0 aromatic carbocycles. The molecule has 0 fully saturated rings. The van der Waals surface area contributed by atoms with Crippen LogP contribution in [0, 0.1) is 0 Å². The number of anilines is 1. The van der Waals surface area contributed by atoms with Crippen molar-refractivity contribution in [1.82, 2.24) is 34.9 Å². The number of hydrogen-bond acceptors (Lipinski definition) is 6. The van der Waals surface area contributed by atoms with Gasteiger partial charge in [-0.1, -0.05) is 0 Å². The molecule has 0 atom stereocenters. The van der Waals surface area contributed by atoms with Crippen LogP contribution < -0.4 is 4.90 Å². The quantitative estimate of drug-likeness (QED) is 0.716. The molecule has 0 unspecified atom stereocenters. The van der Waals surface area contributed by atoms with E-state index in [2.05, 4.69) is 34.9 Å². The molecule has 96 valence electrons. The summed E-state index contributed by atoms with van der Waals surface area (Å²) in [5.74, 6) is 2.70. The maximum atomic E-state index is 4.36. The highest BCUT2D eigenvalue weighted by atomic mass is 15.3. The predicted octanol–water partition coefficient (Wildman–Crippen LogP) is 0.718. The smallest absolute Gasteiger partial charge is 0.229 e. The zero-order valence-corrected chi connectivity index (χ0v) is 10.5. The van der Waals surface area contributed by atoms with Crippen LogP contribution in [0.5, 0.6) is 0 Å². The number of nitrogens with zero attached hydrogens (tertiary/aromatic N) is 6. The lowest BCUT2D eigenvalue weighted by Crippen LogP contribution is -2.15. The molecule has 8 heteroatoms. The van der Waals surface area contributed by atoms with E-state index in [0.717, 1.165) is 0 Å². The van der Waals surface area contributed by atoms with E-state index in [1.807, 2.05) is 14.1 Å². The van der Waals surface area contributed by atoms with Crippen molar-refractivity contribution in [3.05, 3.63) is 24.8 Å². The second kappa shape index (κ2) is 4.48. The lowest BCUT2D eigenvalue weighted by Gasteiger charge is -2.11. The van der Waals surface area contributed by atoms with Crippen LogP contribution in [-0.4, -0.2) is 49.0 Å². The first-order chi connectivity index (χ1) is 9.24. The summed E-state index contributed by atoms with van der Waals surface area (Å²) in [6, 6.07) is 0. The van der Waals surface area contributed by atoms with Gasteiger partial charge in [0.1, 0.15) is 0 Å². The Morgan fingerprint density at radius 3 is 1.74 bits per heavy atom. The normalized spacial score (nSPS) is 10.6.